The van der Waals surface area contributed by atoms with Gasteiger partial charge in [0, 0.05) is 12.1 Å². The molecule has 0 saturated carbocycles. The van der Waals surface area contributed by atoms with E-state index in [1.807, 2.05) is 0 Å². The third-order valence-electron chi connectivity index (χ3n) is 2.91. The molecule has 0 amide bonds. The lowest BCUT2D eigenvalue weighted by molar-refractivity contribution is -0.254. The molecule has 1 heterocycles. The van der Waals surface area contributed by atoms with E-state index in [4.69, 9.17) is 0 Å². The number of hydrazone groups is 1. The Bertz CT molecular complexity index is 458. The van der Waals surface area contributed by atoms with Gasteiger partial charge in [-0.25, -0.2) is 5.01 Å². The van der Waals surface area contributed by atoms with E-state index in [2.05, 4.69) is 5.10 Å². The molecule has 1 atom stereocenters. The molecule has 18 heavy (non-hydrogen) atoms. The van der Waals surface area contributed by atoms with Gasteiger partial charge in [-0.05, 0) is 18.6 Å². The summed E-state index contributed by atoms with van der Waals surface area (Å²) in [6.45, 7) is 1.71. The van der Waals surface area contributed by atoms with Crippen LogP contribution < -0.4 is 5.01 Å². The molecule has 1 aromatic rings. The summed E-state index contributed by atoms with van der Waals surface area (Å²) in [4.78, 5) is 0. The summed E-state index contributed by atoms with van der Waals surface area (Å²) in [5.74, 6) is 0. The lowest BCUT2D eigenvalue weighted by Gasteiger charge is -2.34. The van der Waals surface area contributed by atoms with Crippen molar-refractivity contribution >= 4 is 11.4 Å². The maximum absolute atomic E-state index is 13.0. The predicted octanol–water partition coefficient (Wildman–Crippen LogP) is 2.91. The Morgan fingerprint density at radius 3 is 2.44 bits per heavy atom. The Hall–Kier alpha value is -1.56. The van der Waals surface area contributed by atoms with Crippen LogP contribution in [0.15, 0.2) is 35.4 Å². The van der Waals surface area contributed by atoms with Crippen molar-refractivity contribution in [3.05, 3.63) is 30.3 Å². The average Bonchev–Trinajstić information content (AvgIpc) is 2.68. The van der Waals surface area contributed by atoms with Crippen LogP contribution >= 0.6 is 0 Å². The van der Waals surface area contributed by atoms with Crippen molar-refractivity contribution in [3.8, 4) is 0 Å². The highest BCUT2D eigenvalue weighted by atomic mass is 19.4. The molecule has 1 unspecified atom stereocenters. The van der Waals surface area contributed by atoms with Crippen molar-refractivity contribution in [2.24, 2.45) is 5.10 Å². The highest BCUT2D eigenvalue weighted by molar-refractivity contribution is 5.89. The minimum atomic E-state index is -4.76. The standard InChI is InChI=1S/C12H13F3N2O/c1-2-9-8-11(18,12(13,14)15)17(16-9)10-6-4-3-5-7-10/h3-7,18H,2,8H2,1H3. The number of anilines is 1. The Labute approximate surface area is 103 Å². The molecule has 0 spiro atoms. The van der Waals surface area contributed by atoms with E-state index >= 15 is 0 Å². The predicted molar refractivity (Wildman–Crippen MR) is 62.3 cm³/mol. The Morgan fingerprint density at radius 1 is 1.33 bits per heavy atom. The molecule has 1 aliphatic rings. The van der Waals surface area contributed by atoms with Gasteiger partial charge in [0.1, 0.15) is 0 Å². The Balaban J connectivity index is 2.44. The van der Waals surface area contributed by atoms with Crippen molar-refractivity contribution in [2.75, 3.05) is 5.01 Å². The fourth-order valence-corrected chi connectivity index (χ4v) is 1.88. The first-order chi connectivity index (χ1) is 8.38. The van der Waals surface area contributed by atoms with Gasteiger partial charge in [0.15, 0.2) is 0 Å². The highest BCUT2D eigenvalue weighted by Gasteiger charge is 2.61. The molecule has 1 aliphatic heterocycles. The van der Waals surface area contributed by atoms with E-state index in [1.54, 1.807) is 25.1 Å². The van der Waals surface area contributed by atoms with Gasteiger partial charge in [0.05, 0.1) is 5.69 Å². The minimum absolute atomic E-state index is 0.223. The van der Waals surface area contributed by atoms with Gasteiger partial charge in [-0.3, -0.25) is 0 Å². The normalized spacial score (nSPS) is 24.3. The first-order valence-electron chi connectivity index (χ1n) is 5.59. The van der Waals surface area contributed by atoms with Crippen LogP contribution in [-0.2, 0) is 0 Å². The Kier molecular flexibility index (Phi) is 3.06. The largest absolute Gasteiger partial charge is 0.438 e. The fraction of sp³-hybridized carbons (Fsp3) is 0.417. The number of para-hydroxylation sites is 1. The van der Waals surface area contributed by atoms with Crippen LogP contribution in [0.1, 0.15) is 19.8 Å². The van der Waals surface area contributed by atoms with Crippen molar-refractivity contribution < 1.29 is 18.3 Å². The van der Waals surface area contributed by atoms with Gasteiger partial charge in [-0.15, -0.1) is 0 Å². The minimum Gasteiger partial charge on any atom is -0.362 e. The molecular weight excluding hydrogens is 245 g/mol. The number of nitrogens with zero attached hydrogens (tertiary/aromatic N) is 2. The first kappa shape index (κ1) is 12.9. The monoisotopic (exact) mass is 258 g/mol. The second kappa shape index (κ2) is 4.28. The van der Waals surface area contributed by atoms with Crippen LogP contribution in [0.25, 0.3) is 0 Å². The van der Waals surface area contributed by atoms with E-state index in [1.165, 1.54) is 12.1 Å². The summed E-state index contributed by atoms with van der Waals surface area (Å²) in [6, 6.07) is 7.87. The fourth-order valence-electron chi connectivity index (χ4n) is 1.88. The van der Waals surface area contributed by atoms with E-state index in [0.29, 0.717) is 17.1 Å². The molecule has 6 heteroatoms. The molecule has 0 aromatic heterocycles. The summed E-state index contributed by atoms with van der Waals surface area (Å²) in [6.07, 6.45) is -4.90. The second-order valence-electron chi connectivity index (χ2n) is 4.16. The molecule has 2 rings (SSSR count). The molecule has 3 nitrogen and oxygen atoms in total. The maximum Gasteiger partial charge on any atom is 0.438 e. The second-order valence-corrected chi connectivity index (χ2v) is 4.16. The molecule has 98 valence electrons. The number of aliphatic hydroxyl groups is 1. The summed E-state index contributed by atoms with van der Waals surface area (Å²) in [7, 11) is 0. The van der Waals surface area contributed by atoms with E-state index in [9.17, 15) is 18.3 Å². The maximum atomic E-state index is 13.0. The zero-order chi connectivity index (χ0) is 13.4. The average molecular weight is 258 g/mol. The molecule has 1 aromatic carbocycles. The van der Waals surface area contributed by atoms with Gasteiger partial charge >= 0.3 is 6.18 Å². The van der Waals surface area contributed by atoms with E-state index < -0.39 is 18.3 Å². The van der Waals surface area contributed by atoms with Crippen LogP contribution in [0.4, 0.5) is 18.9 Å². The number of hydrogen-bond acceptors (Lipinski definition) is 3. The van der Waals surface area contributed by atoms with Gasteiger partial charge in [-0.1, -0.05) is 25.1 Å². The third-order valence-corrected chi connectivity index (χ3v) is 2.91. The molecule has 1 N–H and O–H groups in total. The van der Waals surface area contributed by atoms with E-state index in [-0.39, 0.29) is 5.69 Å². The van der Waals surface area contributed by atoms with Crippen molar-refractivity contribution in [2.45, 2.75) is 31.7 Å². The zero-order valence-corrected chi connectivity index (χ0v) is 9.78. The van der Waals surface area contributed by atoms with Crippen LogP contribution in [0.2, 0.25) is 0 Å². The number of hydrogen-bond donors (Lipinski definition) is 1. The Morgan fingerprint density at radius 2 is 1.94 bits per heavy atom. The van der Waals surface area contributed by atoms with Crippen LogP contribution in [0.3, 0.4) is 0 Å². The van der Waals surface area contributed by atoms with Gasteiger partial charge < -0.3 is 5.11 Å². The summed E-state index contributed by atoms with van der Waals surface area (Å²) >= 11 is 0. The van der Waals surface area contributed by atoms with Crippen molar-refractivity contribution in [1.82, 2.24) is 0 Å². The smallest absolute Gasteiger partial charge is 0.362 e. The van der Waals surface area contributed by atoms with Crippen LogP contribution in [0.5, 0.6) is 0 Å². The first-order valence-corrected chi connectivity index (χ1v) is 5.59. The lowest BCUT2D eigenvalue weighted by Crippen LogP contribution is -2.55. The number of halogens is 3. The topological polar surface area (TPSA) is 35.8 Å². The lowest BCUT2D eigenvalue weighted by atomic mass is 10.0. The van der Waals surface area contributed by atoms with Gasteiger partial charge in [0.2, 0.25) is 0 Å². The zero-order valence-electron chi connectivity index (χ0n) is 9.78. The van der Waals surface area contributed by atoms with Crippen molar-refractivity contribution in [1.29, 1.82) is 0 Å². The molecule has 0 aliphatic carbocycles. The van der Waals surface area contributed by atoms with Gasteiger partial charge in [0.25, 0.3) is 5.72 Å². The summed E-state index contributed by atoms with van der Waals surface area (Å²) in [5.41, 5.74) is -2.39. The van der Waals surface area contributed by atoms with E-state index in [0.717, 1.165) is 0 Å². The molecule has 0 bridgehead atoms. The van der Waals surface area contributed by atoms with Crippen molar-refractivity contribution in [3.63, 3.8) is 0 Å². The number of rotatable bonds is 2. The van der Waals surface area contributed by atoms with Gasteiger partial charge in [-0.2, -0.15) is 18.3 Å². The quantitative estimate of drug-likeness (QED) is 0.885. The number of benzene rings is 1. The van der Waals surface area contributed by atoms with Crippen LogP contribution in [0, 0.1) is 0 Å². The molecule has 0 radical (unpaired) electrons. The highest BCUT2D eigenvalue weighted by Crippen LogP contribution is 2.42. The SMILES string of the molecule is CCC1=NN(c2ccccc2)C(O)(C(F)(F)F)C1. The summed E-state index contributed by atoms with van der Waals surface area (Å²) in [5, 5.41) is 14.5. The number of alkyl halides is 3. The third kappa shape index (κ3) is 1.96. The molecular formula is C12H13F3N2O. The summed E-state index contributed by atoms with van der Waals surface area (Å²) < 4.78 is 39.1. The van der Waals surface area contributed by atoms with Crippen LogP contribution in [-0.4, -0.2) is 22.7 Å². The molecule has 0 saturated heterocycles. The molecule has 0 fully saturated rings.